The summed E-state index contributed by atoms with van der Waals surface area (Å²) in [4.78, 5) is 4.31. The highest BCUT2D eigenvalue weighted by atomic mass is 15.4. The van der Waals surface area contributed by atoms with Crippen molar-refractivity contribution in [3.05, 3.63) is 30.1 Å². The quantitative estimate of drug-likeness (QED) is 0.703. The third-order valence-corrected chi connectivity index (χ3v) is 2.78. The number of hydrogen-bond donors (Lipinski definition) is 0. The molecule has 0 saturated carbocycles. The molecule has 0 amide bonds. The lowest BCUT2D eigenvalue weighted by Crippen LogP contribution is -2.11. The molecule has 1 aliphatic heterocycles. The standard InChI is InChI=1S/C11H12N4/c1-3-7-12-9(5-1)11-10-6-2-4-8-15(10)14-13-11/h1,3,5,7H,2,4,6,8H2. The fourth-order valence-electron chi connectivity index (χ4n) is 2.02. The van der Waals surface area contributed by atoms with Crippen LogP contribution in [0.2, 0.25) is 0 Å². The Morgan fingerprint density at radius 2 is 2.20 bits per heavy atom. The van der Waals surface area contributed by atoms with Crippen molar-refractivity contribution in [3.63, 3.8) is 0 Å². The number of nitrogens with zero attached hydrogens (tertiary/aromatic N) is 4. The summed E-state index contributed by atoms with van der Waals surface area (Å²) < 4.78 is 2.01. The number of pyridine rings is 1. The lowest BCUT2D eigenvalue weighted by molar-refractivity contribution is 0.477. The highest BCUT2D eigenvalue weighted by Crippen LogP contribution is 2.23. The first kappa shape index (κ1) is 8.59. The minimum absolute atomic E-state index is 0.931. The van der Waals surface area contributed by atoms with E-state index in [-0.39, 0.29) is 0 Å². The number of aromatic nitrogens is 4. The zero-order chi connectivity index (χ0) is 10.1. The van der Waals surface area contributed by atoms with Crippen LogP contribution in [0, 0.1) is 0 Å². The molecular formula is C11H12N4. The maximum atomic E-state index is 4.31. The van der Waals surface area contributed by atoms with E-state index in [1.165, 1.54) is 18.5 Å². The average molecular weight is 200 g/mol. The summed E-state index contributed by atoms with van der Waals surface area (Å²) in [5, 5.41) is 8.38. The van der Waals surface area contributed by atoms with Crippen LogP contribution in [-0.2, 0) is 13.0 Å². The van der Waals surface area contributed by atoms with Crippen molar-refractivity contribution in [3.8, 4) is 11.4 Å². The Kier molecular flexibility index (Phi) is 1.98. The van der Waals surface area contributed by atoms with Crippen LogP contribution in [0.15, 0.2) is 24.4 Å². The van der Waals surface area contributed by atoms with Crippen molar-refractivity contribution >= 4 is 0 Å². The Morgan fingerprint density at radius 3 is 3.07 bits per heavy atom. The average Bonchev–Trinajstić information content (AvgIpc) is 2.74. The molecule has 0 aromatic carbocycles. The molecule has 2 aromatic heterocycles. The topological polar surface area (TPSA) is 43.6 Å². The third-order valence-electron chi connectivity index (χ3n) is 2.78. The van der Waals surface area contributed by atoms with E-state index in [0.717, 1.165) is 24.4 Å². The minimum Gasteiger partial charge on any atom is -0.254 e. The molecule has 0 bridgehead atoms. The Labute approximate surface area is 88.0 Å². The smallest absolute Gasteiger partial charge is 0.134 e. The molecule has 1 aliphatic rings. The molecule has 0 aliphatic carbocycles. The number of fused-ring (bicyclic) bond motifs is 1. The second-order valence-corrected chi connectivity index (χ2v) is 3.78. The van der Waals surface area contributed by atoms with Crippen LogP contribution in [0.1, 0.15) is 18.5 Å². The molecule has 15 heavy (non-hydrogen) atoms. The molecule has 0 saturated heterocycles. The van der Waals surface area contributed by atoms with Gasteiger partial charge in [0.25, 0.3) is 0 Å². The fourth-order valence-corrected chi connectivity index (χ4v) is 2.02. The molecule has 0 radical (unpaired) electrons. The molecule has 2 aromatic rings. The van der Waals surface area contributed by atoms with E-state index >= 15 is 0 Å². The zero-order valence-electron chi connectivity index (χ0n) is 8.43. The van der Waals surface area contributed by atoms with Crippen LogP contribution in [0.25, 0.3) is 11.4 Å². The van der Waals surface area contributed by atoms with Gasteiger partial charge in [0.15, 0.2) is 0 Å². The normalized spacial score (nSPS) is 14.9. The van der Waals surface area contributed by atoms with E-state index in [1.807, 2.05) is 22.9 Å². The highest BCUT2D eigenvalue weighted by Gasteiger charge is 2.17. The van der Waals surface area contributed by atoms with Gasteiger partial charge < -0.3 is 0 Å². The lowest BCUT2D eigenvalue weighted by Gasteiger charge is -2.12. The van der Waals surface area contributed by atoms with E-state index < -0.39 is 0 Å². The lowest BCUT2D eigenvalue weighted by atomic mass is 10.1. The minimum atomic E-state index is 0.931. The van der Waals surface area contributed by atoms with Gasteiger partial charge in [0, 0.05) is 12.7 Å². The zero-order valence-corrected chi connectivity index (χ0v) is 8.43. The van der Waals surface area contributed by atoms with Gasteiger partial charge in [-0.1, -0.05) is 11.3 Å². The molecular weight excluding hydrogens is 188 g/mol. The summed E-state index contributed by atoms with van der Waals surface area (Å²) in [6, 6.07) is 5.88. The summed E-state index contributed by atoms with van der Waals surface area (Å²) >= 11 is 0. The van der Waals surface area contributed by atoms with Crippen molar-refractivity contribution in [1.82, 2.24) is 20.0 Å². The third kappa shape index (κ3) is 1.42. The van der Waals surface area contributed by atoms with Crippen LogP contribution in [0.4, 0.5) is 0 Å². The molecule has 4 nitrogen and oxygen atoms in total. The second-order valence-electron chi connectivity index (χ2n) is 3.78. The summed E-state index contributed by atoms with van der Waals surface area (Å²) in [6.07, 6.45) is 5.30. The molecule has 76 valence electrons. The van der Waals surface area contributed by atoms with E-state index in [1.54, 1.807) is 6.20 Å². The number of rotatable bonds is 1. The molecule has 0 unspecified atom stereocenters. The Morgan fingerprint density at radius 1 is 1.20 bits per heavy atom. The fraction of sp³-hybridized carbons (Fsp3) is 0.364. The molecule has 0 atom stereocenters. The molecule has 0 spiro atoms. The molecule has 4 heteroatoms. The van der Waals surface area contributed by atoms with Gasteiger partial charge in [0.05, 0.1) is 11.4 Å². The maximum Gasteiger partial charge on any atom is 0.134 e. The van der Waals surface area contributed by atoms with Crippen molar-refractivity contribution in [2.75, 3.05) is 0 Å². The van der Waals surface area contributed by atoms with E-state index in [9.17, 15) is 0 Å². The summed E-state index contributed by atoms with van der Waals surface area (Å²) in [5.74, 6) is 0. The van der Waals surface area contributed by atoms with Crippen LogP contribution in [0.5, 0.6) is 0 Å². The first-order chi connectivity index (χ1) is 7.45. The van der Waals surface area contributed by atoms with E-state index in [0.29, 0.717) is 0 Å². The molecule has 3 rings (SSSR count). The van der Waals surface area contributed by atoms with Gasteiger partial charge in [-0.25, -0.2) is 4.68 Å². The summed E-state index contributed by atoms with van der Waals surface area (Å²) in [6.45, 7) is 0.995. The van der Waals surface area contributed by atoms with Gasteiger partial charge in [-0.15, -0.1) is 5.10 Å². The second kappa shape index (κ2) is 3.46. The maximum absolute atomic E-state index is 4.31. The Bertz CT molecular complexity index is 461. The van der Waals surface area contributed by atoms with E-state index in [4.69, 9.17) is 0 Å². The van der Waals surface area contributed by atoms with Crippen molar-refractivity contribution < 1.29 is 0 Å². The van der Waals surface area contributed by atoms with Gasteiger partial charge in [-0.3, -0.25) is 4.98 Å². The Balaban J connectivity index is 2.09. The van der Waals surface area contributed by atoms with Gasteiger partial charge in [0.2, 0.25) is 0 Å². The van der Waals surface area contributed by atoms with Crippen molar-refractivity contribution in [2.24, 2.45) is 0 Å². The predicted molar refractivity (Wildman–Crippen MR) is 56.2 cm³/mol. The first-order valence-electron chi connectivity index (χ1n) is 5.29. The summed E-state index contributed by atoms with van der Waals surface area (Å²) in [5.41, 5.74) is 3.12. The summed E-state index contributed by atoms with van der Waals surface area (Å²) in [7, 11) is 0. The van der Waals surface area contributed by atoms with Gasteiger partial charge >= 0.3 is 0 Å². The molecule has 0 N–H and O–H groups in total. The molecule has 0 fully saturated rings. The number of hydrogen-bond acceptors (Lipinski definition) is 3. The molecule has 3 heterocycles. The van der Waals surface area contributed by atoms with Crippen molar-refractivity contribution in [1.29, 1.82) is 0 Å². The van der Waals surface area contributed by atoms with Gasteiger partial charge in [-0.2, -0.15) is 0 Å². The monoisotopic (exact) mass is 200 g/mol. The van der Waals surface area contributed by atoms with Gasteiger partial charge in [0.1, 0.15) is 5.69 Å². The number of aryl methyl sites for hydroxylation is 1. The first-order valence-corrected chi connectivity index (χ1v) is 5.29. The van der Waals surface area contributed by atoms with Crippen molar-refractivity contribution in [2.45, 2.75) is 25.8 Å². The van der Waals surface area contributed by atoms with E-state index in [2.05, 4.69) is 15.3 Å². The Hall–Kier alpha value is -1.71. The van der Waals surface area contributed by atoms with Crippen LogP contribution in [-0.4, -0.2) is 20.0 Å². The van der Waals surface area contributed by atoms with Crippen LogP contribution >= 0.6 is 0 Å². The van der Waals surface area contributed by atoms with Crippen LogP contribution < -0.4 is 0 Å². The SMILES string of the molecule is c1ccc(-c2nnn3c2CCCC3)nc1. The van der Waals surface area contributed by atoms with Gasteiger partial charge in [-0.05, 0) is 31.4 Å². The largest absolute Gasteiger partial charge is 0.254 e. The predicted octanol–water partition coefficient (Wildman–Crippen LogP) is 1.68. The van der Waals surface area contributed by atoms with Crippen LogP contribution in [0.3, 0.4) is 0 Å². The highest BCUT2D eigenvalue weighted by molar-refractivity contribution is 5.56.